The molecule has 1 amide bonds. The van der Waals surface area contributed by atoms with Gasteiger partial charge in [-0.2, -0.15) is 0 Å². The number of hydrogen-bond acceptors (Lipinski definition) is 3. The van der Waals surface area contributed by atoms with E-state index in [1.54, 1.807) is 30.3 Å². The minimum Gasteiger partial charge on any atom is -0.487 e. The maximum atomic E-state index is 13.9. The second kappa shape index (κ2) is 10.7. The molecule has 3 aromatic carbocycles. The summed E-state index contributed by atoms with van der Waals surface area (Å²) in [6.45, 7) is 1.60. The highest BCUT2D eigenvalue weighted by Gasteiger charge is 2.35. The third-order valence-corrected chi connectivity index (χ3v) is 7.04. The summed E-state index contributed by atoms with van der Waals surface area (Å²) in [7, 11) is 0. The number of nitrogens with zero attached hydrogens (tertiary/aromatic N) is 1. The zero-order chi connectivity index (χ0) is 26.0. The van der Waals surface area contributed by atoms with Gasteiger partial charge < -0.3 is 14.7 Å². The van der Waals surface area contributed by atoms with Crippen LogP contribution in [0.5, 0.6) is 5.75 Å². The molecule has 0 aromatic heterocycles. The van der Waals surface area contributed by atoms with E-state index in [-0.39, 0.29) is 23.9 Å². The Kier molecular flexibility index (Phi) is 7.79. The van der Waals surface area contributed by atoms with Gasteiger partial charge in [-0.25, -0.2) is 4.39 Å². The summed E-state index contributed by atoms with van der Waals surface area (Å²) in [5.74, 6) is -1.20. The lowest BCUT2D eigenvalue weighted by atomic mass is 9.91. The number of aliphatic carboxylic acids is 1. The van der Waals surface area contributed by atoms with Crippen LogP contribution in [-0.4, -0.2) is 34.0 Å². The Morgan fingerprint density at radius 2 is 1.67 bits per heavy atom. The number of ether oxygens (including phenoxy) is 1. The molecule has 0 spiro atoms. The van der Waals surface area contributed by atoms with Gasteiger partial charge >= 0.3 is 5.97 Å². The maximum absolute atomic E-state index is 13.9. The highest BCUT2D eigenvalue weighted by atomic mass is 35.5. The molecule has 0 saturated heterocycles. The van der Waals surface area contributed by atoms with Crippen molar-refractivity contribution < 1.29 is 23.8 Å². The predicted molar refractivity (Wildman–Crippen MR) is 138 cm³/mol. The van der Waals surface area contributed by atoms with Crippen molar-refractivity contribution in [2.45, 2.75) is 38.3 Å². The van der Waals surface area contributed by atoms with Gasteiger partial charge in [-0.1, -0.05) is 59.1 Å². The van der Waals surface area contributed by atoms with Crippen molar-refractivity contribution in [1.29, 1.82) is 0 Å². The Morgan fingerprint density at radius 1 is 0.972 bits per heavy atom. The van der Waals surface area contributed by atoms with Crippen LogP contribution in [0.4, 0.5) is 4.39 Å². The van der Waals surface area contributed by atoms with E-state index >= 15 is 0 Å². The van der Waals surface area contributed by atoms with Gasteiger partial charge in [0.1, 0.15) is 23.7 Å². The largest absolute Gasteiger partial charge is 0.487 e. The van der Waals surface area contributed by atoms with Crippen molar-refractivity contribution in [2.24, 2.45) is 0 Å². The number of benzene rings is 3. The number of hydrogen-bond donors (Lipinski definition) is 1. The van der Waals surface area contributed by atoms with Crippen LogP contribution in [0.15, 0.2) is 54.6 Å². The highest BCUT2D eigenvalue weighted by Crippen LogP contribution is 2.38. The number of halogens is 4. The van der Waals surface area contributed by atoms with E-state index in [9.17, 15) is 19.1 Å². The lowest BCUT2D eigenvalue weighted by Crippen LogP contribution is -2.36. The van der Waals surface area contributed by atoms with Gasteiger partial charge in [0.15, 0.2) is 0 Å². The summed E-state index contributed by atoms with van der Waals surface area (Å²) in [5.41, 5.74) is 2.55. The van der Waals surface area contributed by atoms with E-state index in [0.29, 0.717) is 34.2 Å². The molecule has 0 saturated carbocycles. The Labute approximate surface area is 223 Å². The normalized spacial score (nSPS) is 16.4. The summed E-state index contributed by atoms with van der Waals surface area (Å²) in [4.78, 5) is 25.7. The van der Waals surface area contributed by atoms with Crippen LogP contribution in [0.1, 0.15) is 29.2 Å². The molecule has 4 rings (SSSR count). The monoisotopic (exact) mass is 549 g/mol. The van der Waals surface area contributed by atoms with Crippen LogP contribution in [0.2, 0.25) is 15.1 Å². The number of rotatable bonds is 8. The average Bonchev–Trinajstić information content (AvgIpc) is 3.13. The molecule has 188 valence electrons. The zero-order valence-corrected chi connectivity index (χ0v) is 21.6. The predicted octanol–water partition coefficient (Wildman–Crippen LogP) is 6.38. The van der Waals surface area contributed by atoms with E-state index < -0.39 is 23.9 Å². The third-order valence-electron chi connectivity index (χ3n) is 6.00. The molecule has 1 aliphatic rings. The first-order chi connectivity index (χ1) is 17.0. The fourth-order valence-corrected chi connectivity index (χ4v) is 4.84. The summed E-state index contributed by atoms with van der Waals surface area (Å²) in [6, 6.07) is 15.2. The van der Waals surface area contributed by atoms with E-state index in [1.807, 2.05) is 19.1 Å². The number of carbonyl (C=O) groups excluding carboxylic acids is 1. The van der Waals surface area contributed by atoms with Gasteiger partial charge in [-0.05, 0) is 59.5 Å². The quantitative estimate of drug-likeness (QED) is 0.354. The molecule has 0 bridgehead atoms. The minimum atomic E-state index is -1.11. The second-order valence-corrected chi connectivity index (χ2v) is 10.4. The number of carboxylic acids is 1. The Bertz CT molecular complexity index is 1330. The molecule has 9 heteroatoms. The molecule has 5 nitrogen and oxygen atoms in total. The van der Waals surface area contributed by atoms with Crippen molar-refractivity contribution in [3.63, 3.8) is 0 Å². The third kappa shape index (κ3) is 6.30. The average molecular weight is 551 g/mol. The second-order valence-electron chi connectivity index (χ2n) is 9.16. The van der Waals surface area contributed by atoms with Crippen LogP contribution < -0.4 is 4.74 Å². The standard InChI is InChI=1S/C27H23Cl3FNO4/c1-27(12-17-2-6-21(29)23(31)10-17)13-19-8-16(4-7-24(19)36-27)11-25(33)32(15-26(34)35)14-18-3-5-20(28)22(30)9-18/h2-10H,11-15H2,1H3,(H,34,35)/t27-/m0/s1. The van der Waals surface area contributed by atoms with Crippen LogP contribution in [0, 0.1) is 5.82 Å². The number of fused-ring (bicyclic) bond motifs is 1. The number of carboxylic acid groups (broad SMARTS) is 1. The van der Waals surface area contributed by atoms with Crippen LogP contribution in [0.25, 0.3) is 0 Å². The maximum Gasteiger partial charge on any atom is 0.323 e. The Hall–Kier alpha value is -2.80. The van der Waals surface area contributed by atoms with E-state index in [1.165, 1.54) is 17.0 Å². The van der Waals surface area contributed by atoms with Crippen LogP contribution >= 0.6 is 34.8 Å². The van der Waals surface area contributed by atoms with Gasteiger partial charge in [0.05, 0.1) is 21.5 Å². The lowest BCUT2D eigenvalue weighted by Gasteiger charge is -2.24. The number of carbonyl (C=O) groups is 2. The topological polar surface area (TPSA) is 66.8 Å². The summed E-state index contributed by atoms with van der Waals surface area (Å²) in [5, 5.41) is 10.1. The van der Waals surface area contributed by atoms with E-state index in [0.717, 1.165) is 16.7 Å². The summed E-state index contributed by atoms with van der Waals surface area (Å²) < 4.78 is 20.1. The first-order valence-corrected chi connectivity index (χ1v) is 12.3. The lowest BCUT2D eigenvalue weighted by molar-refractivity contribution is -0.144. The molecule has 0 unspecified atom stereocenters. The van der Waals surface area contributed by atoms with Crippen molar-refractivity contribution in [1.82, 2.24) is 4.90 Å². The smallest absolute Gasteiger partial charge is 0.323 e. The molecule has 0 radical (unpaired) electrons. The van der Waals surface area contributed by atoms with Gasteiger partial charge in [-0.15, -0.1) is 0 Å². The SMILES string of the molecule is C[C@]1(Cc2ccc(Cl)c(F)c2)Cc2cc(CC(=O)N(CC(=O)O)Cc3ccc(Cl)c(Cl)c3)ccc2O1. The van der Waals surface area contributed by atoms with Gasteiger partial charge in [-0.3, -0.25) is 9.59 Å². The first-order valence-electron chi connectivity index (χ1n) is 11.2. The van der Waals surface area contributed by atoms with Crippen molar-refractivity contribution in [3.8, 4) is 5.75 Å². The summed E-state index contributed by atoms with van der Waals surface area (Å²) in [6.07, 6.45) is 1.10. The summed E-state index contributed by atoms with van der Waals surface area (Å²) >= 11 is 17.8. The Morgan fingerprint density at radius 3 is 2.36 bits per heavy atom. The van der Waals surface area contributed by atoms with Crippen LogP contribution in [-0.2, 0) is 35.4 Å². The fourth-order valence-electron chi connectivity index (χ4n) is 4.41. The minimum absolute atomic E-state index is 0.0288. The van der Waals surface area contributed by atoms with Gasteiger partial charge in [0.25, 0.3) is 0 Å². The van der Waals surface area contributed by atoms with Gasteiger partial charge in [0, 0.05) is 19.4 Å². The number of amides is 1. The Balaban J connectivity index is 1.46. The molecule has 1 N–H and O–H groups in total. The molecule has 0 aliphatic carbocycles. The molecular weight excluding hydrogens is 528 g/mol. The van der Waals surface area contributed by atoms with E-state index in [4.69, 9.17) is 39.5 Å². The van der Waals surface area contributed by atoms with Crippen molar-refractivity contribution >= 4 is 46.7 Å². The molecule has 36 heavy (non-hydrogen) atoms. The molecule has 1 aliphatic heterocycles. The van der Waals surface area contributed by atoms with Crippen molar-refractivity contribution in [2.75, 3.05) is 6.54 Å². The highest BCUT2D eigenvalue weighted by molar-refractivity contribution is 6.42. The molecular formula is C27H23Cl3FNO4. The van der Waals surface area contributed by atoms with E-state index in [2.05, 4.69) is 0 Å². The first kappa shape index (κ1) is 26.3. The molecule has 3 aromatic rings. The molecule has 0 fully saturated rings. The van der Waals surface area contributed by atoms with Crippen molar-refractivity contribution in [3.05, 3.63) is 97.7 Å². The van der Waals surface area contributed by atoms with Gasteiger partial charge in [0.2, 0.25) is 5.91 Å². The fraction of sp³-hybridized carbons (Fsp3) is 0.259. The zero-order valence-electron chi connectivity index (χ0n) is 19.4. The van der Waals surface area contributed by atoms with Crippen LogP contribution in [0.3, 0.4) is 0 Å². The molecule has 1 atom stereocenters. The molecule has 1 heterocycles.